The minimum absolute atomic E-state index is 0.141. The van der Waals surface area contributed by atoms with Crippen LogP contribution in [-0.4, -0.2) is 94.1 Å². The number of hydrogen-bond acceptors (Lipinski definition) is 8. The summed E-state index contributed by atoms with van der Waals surface area (Å²) in [6, 6.07) is 26.3. The van der Waals surface area contributed by atoms with Gasteiger partial charge >= 0.3 is 206 Å². The maximum atomic E-state index is 12.5. The van der Waals surface area contributed by atoms with E-state index in [4.69, 9.17) is 0 Å². The molecule has 298 valence electrons. The third kappa shape index (κ3) is 10.7. The van der Waals surface area contributed by atoms with Crippen LogP contribution >= 0.6 is 0 Å². The molecule has 0 bridgehead atoms. The van der Waals surface area contributed by atoms with E-state index >= 15 is 0 Å². The Kier molecular flexibility index (Phi) is 14.4. The van der Waals surface area contributed by atoms with Gasteiger partial charge in [0.15, 0.2) is 0 Å². The fraction of sp³-hybridized carbons (Fsp3) is 0.342. The maximum absolute atomic E-state index is 12.5. The van der Waals surface area contributed by atoms with Crippen molar-refractivity contribution in [2.24, 2.45) is 0 Å². The molecule has 0 amide bonds. The van der Waals surface area contributed by atoms with Gasteiger partial charge in [-0.3, -0.25) is 0 Å². The van der Waals surface area contributed by atoms with Crippen LogP contribution in [0.4, 0.5) is 49.1 Å². The number of aliphatic hydroxyl groups excluding tert-OH is 2. The van der Waals surface area contributed by atoms with Gasteiger partial charge in [0.25, 0.3) is 0 Å². The van der Waals surface area contributed by atoms with Crippen molar-refractivity contribution < 1.29 is 55.9 Å². The number of benzene rings is 4. The summed E-state index contributed by atoms with van der Waals surface area (Å²) in [4.78, 5) is 13.6. The van der Waals surface area contributed by atoms with Crippen LogP contribution in [0.3, 0.4) is 0 Å². The average molecular weight is 949 g/mol. The molecular formula is C38H45B2F6N6O2Pt-. The third-order valence-corrected chi connectivity index (χ3v) is 10.2. The summed E-state index contributed by atoms with van der Waals surface area (Å²) in [6.45, 7) is 0.294. The van der Waals surface area contributed by atoms with Crippen LogP contribution in [0.25, 0.3) is 0 Å². The molecular weight excluding hydrogens is 903 g/mol. The van der Waals surface area contributed by atoms with E-state index in [-0.39, 0.29) is 31.3 Å². The molecule has 0 saturated carbocycles. The Morgan fingerprint density at radius 3 is 1.35 bits per heavy atom. The van der Waals surface area contributed by atoms with Crippen LogP contribution in [0.2, 0.25) is 0 Å². The van der Waals surface area contributed by atoms with Crippen LogP contribution in [0.1, 0.15) is 40.9 Å². The first-order chi connectivity index (χ1) is 25.6. The molecule has 17 heteroatoms. The molecule has 2 atom stereocenters. The predicted octanol–water partition coefficient (Wildman–Crippen LogP) is 6.64. The zero-order valence-electron chi connectivity index (χ0n) is 31.8. The number of aliphatic hydroxyl groups is 2. The number of halogens is 6. The van der Waals surface area contributed by atoms with Gasteiger partial charge in [-0.25, -0.2) is 0 Å². The molecule has 4 aromatic rings. The summed E-state index contributed by atoms with van der Waals surface area (Å²) in [5.41, 5.74) is 3.20. The van der Waals surface area contributed by atoms with E-state index in [2.05, 4.69) is 153 Å². The molecule has 1 aliphatic rings. The minimum Gasteiger partial charge on any atom is -0.388 e. The van der Waals surface area contributed by atoms with Crippen molar-refractivity contribution >= 4 is 40.6 Å². The van der Waals surface area contributed by atoms with Crippen LogP contribution < -0.4 is 19.4 Å². The van der Waals surface area contributed by atoms with Crippen molar-refractivity contribution in [1.82, 2.24) is 9.62 Å². The molecule has 1 fully saturated rings. The summed E-state index contributed by atoms with van der Waals surface area (Å²) < 4.78 is 76.1. The summed E-state index contributed by atoms with van der Waals surface area (Å²) in [7, 11) is 16.8. The summed E-state index contributed by atoms with van der Waals surface area (Å²) in [6.07, 6.45) is -11.8. The van der Waals surface area contributed by atoms with E-state index in [0.717, 1.165) is 59.9 Å². The van der Waals surface area contributed by atoms with Crippen molar-refractivity contribution in [2.45, 2.75) is 31.0 Å². The zero-order chi connectivity index (χ0) is 41.0. The van der Waals surface area contributed by atoms with Crippen molar-refractivity contribution in [2.75, 3.05) is 75.8 Å². The number of nitrogens with zero attached hydrogens (tertiary/aromatic N) is 6. The van der Waals surface area contributed by atoms with Gasteiger partial charge in [0.05, 0.1) is 23.3 Å². The second-order valence-corrected chi connectivity index (χ2v) is 15.0. The molecule has 2 N–H and O–H groups in total. The molecule has 8 nitrogen and oxygen atoms in total. The monoisotopic (exact) mass is 948 g/mol. The van der Waals surface area contributed by atoms with Gasteiger partial charge in [-0.05, 0) is 35.4 Å². The smallest absolute Gasteiger partial charge is 0.388 e. The summed E-state index contributed by atoms with van der Waals surface area (Å²) in [5, 5.41) is 20.0. The van der Waals surface area contributed by atoms with Crippen molar-refractivity contribution in [3.63, 3.8) is 0 Å². The van der Waals surface area contributed by atoms with E-state index < -0.39 is 35.7 Å². The fourth-order valence-corrected chi connectivity index (χ4v) is 7.25. The van der Waals surface area contributed by atoms with Crippen molar-refractivity contribution in [3.8, 4) is 0 Å². The topological polar surface area (TPSA) is 59.9 Å². The van der Waals surface area contributed by atoms with Crippen molar-refractivity contribution in [3.05, 3.63) is 119 Å². The third-order valence-electron chi connectivity index (χ3n) is 9.11. The van der Waals surface area contributed by atoms with E-state index in [1.165, 1.54) is 15.5 Å². The van der Waals surface area contributed by atoms with Crippen LogP contribution in [0.5, 0.6) is 0 Å². The van der Waals surface area contributed by atoms with Gasteiger partial charge < -0.3 is 10.2 Å². The Bertz CT molecular complexity index is 1710. The van der Waals surface area contributed by atoms with Gasteiger partial charge in [-0.15, -0.1) is 0 Å². The van der Waals surface area contributed by atoms with Gasteiger partial charge in [-0.1, -0.05) is 24.3 Å². The Balaban J connectivity index is 0.000000249. The van der Waals surface area contributed by atoms with Crippen molar-refractivity contribution in [1.29, 1.82) is 0 Å². The molecule has 1 heterocycles. The van der Waals surface area contributed by atoms with Crippen LogP contribution in [0, 0.1) is 6.07 Å². The maximum Gasteiger partial charge on any atom is 0.416 e. The Labute approximate surface area is 331 Å². The standard InChI is InChI=1S/C21H31B2N6.C17H14F6O2.Pt/c1-24(2)18-9-13-20(14-10-18)28-17-29(23(27(7)8)22(28)26(5)6)21-15-11-19(12-16-21)25(3)4;18-16(19,20)12-5-1-10(2-6-12)14(24)9-15(25)11-3-7-13(8-4-11)17(21,22)23;/h9-15H,1-8H3;1-8,14-15,24-25H,9H2;/q-1;;. The molecule has 4 aromatic carbocycles. The van der Waals surface area contributed by atoms with Gasteiger partial charge in [0.1, 0.15) is 0 Å². The Morgan fingerprint density at radius 2 is 1.00 bits per heavy atom. The molecule has 1 aliphatic heterocycles. The van der Waals surface area contributed by atoms with E-state index in [1.807, 2.05) is 0 Å². The number of alkyl halides is 6. The van der Waals surface area contributed by atoms with E-state index in [9.17, 15) is 36.6 Å². The molecule has 55 heavy (non-hydrogen) atoms. The van der Waals surface area contributed by atoms with Gasteiger partial charge in [0, 0.05) is 6.42 Å². The first-order valence-corrected chi connectivity index (χ1v) is 18.3. The molecule has 0 radical (unpaired) electrons. The summed E-state index contributed by atoms with van der Waals surface area (Å²) >= 11 is 2.46. The fourth-order valence-electron chi connectivity index (χ4n) is 6.09. The minimum atomic E-state index is -4.50. The Morgan fingerprint density at radius 1 is 0.600 bits per heavy atom. The first kappa shape index (κ1) is 43.9. The SMILES string of the molecule is CN(C)B1B(N(C)C)N(c2ccc(N(C)C)cc2)[C](=[Pt])N1c1[c-]cc(N(C)C)cc1.OC(CC(O)c1ccc(C(F)(F)F)cc1)c1ccc(C(F)(F)F)cc1. The average Bonchev–Trinajstić information content (AvgIpc) is 3.44. The molecule has 5 rings (SSSR count). The zero-order valence-corrected chi connectivity index (χ0v) is 34.1. The molecule has 0 aromatic heterocycles. The van der Waals surface area contributed by atoms with E-state index in [0.29, 0.717) is 0 Å². The molecule has 0 aliphatic carbocycles. The molecule has 1 saturated heterocycles. The normalized spacial score (nSPS) is 14.7. The van der Waals surface area contributed by atoms with Gasteiger partial charge in [0.2, 0.25) is 0 Å². The predicted molar refractivity (Wildman–Crippen MR) is 207 cm³/mol. The Hall–Kier alpha value is -3.81. The van der Waals surface area contributed by atoms with E-state index in [1.54, 1.807) is 0 Å². The second-order valence-electron chi connectivity index (χ2n) is 14.0. The largest absolute Gasteiger partial charge is 0.416 e. The first-order valence-electron chi connectivity index (χ1n) is 17.2. The number of rotatable bonds is 10. The quantitative estimate of drug-likeness (QED) is 0.104. The second kappa shape index (κ2) is 18.0. The summed E-state index contributed by atoms with van der Waals surface area (Å²) in [5.74, 6) is 0. The van der Waals surface area contributed by atoms with Crippen LogP contribution in [0.15, 0.2) is 91.0 Å². The van der Waals surface area contributed by atoms with Gasteiger partial charge in [-0.2, -0.15) is 26.3 Å². The molecule has 0 spiro atoms. The number of anilines is 4. The molecule has 2 unspecified atom stereocenters. The number of hydrogen-bond donors (Lipinski definition) is 2. The van der Waals surface area contributed by atoms with Crippen LogP contribution in [-0.2, 0) is 31.7 Å².